The standard InChI is InChI=1S/C14H17ClN4/c15-11-6-4-8-16-14(11)17-9-13-10-5-2-1-3-7-12(10)18-19-13/h4,6,8H,1-3,5,7,9H2,(H,16,17)(H,18,19). The van der Waals surface area contributed by atoms with Gasteiger partial charge in [-0.15, -0.1) is 0 Å². The Morgan fingerprint density at radius 3 is 3.05 bits per heavy atom. The van der Waals surface area contributed by atoms with Gasteiger partial charge in [-0.05, 0) is 43.4 Å². The summed E-state index contributed by atoms with van der Waals surface area (Å²) in [7, 11) is 0. The van der Waals surface area contributed by atoms with E-state index in [2.05, 4.69) is 20.5 Å². The smallest absolute Gasteiger partial charge is 0.145 e. The summed E-state index contributed by atoms with van der Waals surface area (Å²) in [4.78, 5) is 4.23. The lowest BCUT2D eigenvalue weighted by molar-refractivity contribution is 0.699. The predicted octanol–water partition coefficient (Wildman–Crippen LogP) is 3.34. The fourth-order valence-corrected chi connectivity index (χ4v) is 2.74. The molecule has 0 unspecified atom stereocenters. The number of anilines is 1. The Morgan fingerprint density at radius 1 is 1.26 bits per heavy atom. The van der Waals surface area contributed by atoms with Gasteiger partial charge in [0.1, 0.15) is 5.82 Å². The molecule has 2 aromatic heterocycles. The third kappa shape index (κ3) is 2.73. The molecule has 0 saturated heterocycles. The Kier molecular flexibility index (Phi) is 3.69. The molecule has 0 radical (unpaired) electrons. The molecule has 19 heavy (non-hydrogen) atoms. The monoisotopic (exact) mass is 276 g/mol. The molecule has 3 rings (SSSR count). The minimum Gasteiger partial charge on any atom is -0.363 e. The number of pyridine rings is 1. The third-order valence-corrected chi connectivity index (χ3v) is 3.88. The van der Waals surface area contributed by atoms with Crippen LogP contribution in [0, 0.1) is 0 Å². The summed E-state index contributed by atoms with van der Waals surface area (Å²) >= 11 is 6.08. The molecular weight excluding hydrogens is 260 g/mol. The van der Waals surface area contributed by atoms with Crippen LogP contribution in [0.2, 0.25) is 5.02 Å². The van der Waals surface area contributed by atoms with Crippen molar-refractivity contribution in [2.24, 2.45) is 0 Å². The van der Waals surface area contributed by atoms with Crippen molar-refractivity contribution >= 4 is 17.4 Å². The number of aromatic amines is 1. The molecule has 0 aromatic carbocycles. The quantitative estimate of drug-likeness (QED) is 0.846. The van der Waals surface area contributed by atoms with Gasteiger partial charge in [0, 0.05) is 11.9 Å². The third-order valence-electron chi connectivity index (χ3n) is 3.57. The Morgan fingerprint density at radius 2 is 2.16 bits per heavy atom. The highest BCUT2D eigenvalue weighted by Gasteiger charge is 2.15. The zero-order valence-corrected chi connectivity index (χ0v) is 11.5. The summed E-state index contributed by atoms with van der Waals surface area (Å²) in [6.07, 6.45) is 7.80. The fourth-order valence-electron chi connectivity index (χ4n) is 2.56. The number of nitrogens with one attached hydrogen (secondary N) is 2. The molecule has 2 aromatic rings. The molecule has 0 spiro atoms. The molecule has 0 fully saturated rings. The molecule has 1 aliphatic carbocycles. The second-order valence-corrected chi connectivity index (χ2v) is 5.28. The molecule has 0 amide bonds. The minimum atomic E-state index is 0.643. The Labute approximate surface area is 117 Å². The van der Waals surface area contributed by atoms with Gasteiger partial charge in [0.05, 0.1) is 17.3 Å². The molecule has 1 aliphatic rings. The summed E-state index contributed by atoms with van der Waals surface area (Å²) in [5, 5.41) is 11.5. The number of nitrogens with zero attached hydrogens (tertiary/aromatic N) is 2. The van der Waals surface area contributed by atoms with E-state index in [4.69, 9.17) is 11.6 Å². The predicted molar refractivity (Wildman–Crippen MR) is 76.4 cm³/mol. The molecular formula is C14H17ClN4. The number of fused-ring (bicyclic) bond motifs is 1. The lowest BCUT2D eigenvalue weighted by atomic mass is 10.1. The van der Waals surface area contributed by atoms with E-state index < -0.39 is 0 Å². The van der Waals surface area contributed by atoms with Crippen molar-refractivity contribution in [3.05, 3.63) is 40.3 Å². The summed E-state index contributed by atoms with van der Waals surface area (Å²) in [6, 6.07) is 3.66. The highest BCUT2D eigenvalue weighted by molar-refractivity contribution is 6.32. The van der Waals surface area contributed by atoms with Crippen LogP contribution >= 0.6 is 11.6 Å². The van der Waals surface area contributed by atoms with Crippen LogP contribution in [-0.4, -0.2) is 15.2 Å². The van der Waals surface area contributed by atoms with Crippen LogP contribution in [0.4, 0.5) is 5.82 Å². The van der Waals surface area contributed by atoms with Crippen LogP contribution in [-0.2, 0) is 19.4 Å². The molecule has 2 heterocycles. The number of rotatable bonds is 3. The van der Waals surface area contributed by atoms with Crippen molar-refractivity contribution in [2.45, 2.75) is 38.6 Å². The molecule has 5 heteroatoms. The molecule has 100 valence electrons. The van der Waals surface area contributed by atoms with Gasteiger partial charge in [-0.2, -0.15) is 5.10 Å². The zero-order chi connectivity index (χ0) is 13.1. The normalized spacial score (nSPS) is 14.8. The zero-order valence-electron chi connectivity index (χ0n) is 10.7. The molecule has 0 aliphatic heterocycles. The number of H-pyrrole nitrogens is 1. The van der Waals surface area contributed by atoms with E-state index in [-0.39, 0.29) is 0 Å². The van der Waals surface area contributed by atoms with Crippen LogP contribution in [0.25, 0.3) is 0 Å². The average Bonchev–Trinajstić information content (AvgIpc) is 2.66. The summed E-state index contributed by atoms with van der Waals surface area (Å²) in [6.45, 7) is 0.669. The van der Waals surface area contributed by atoms with E-state index in [0.717, 1.165) is 24.4 Å². The summed E-state index contributed by atoms with van der Waals surface area (Å²) in [5.74, 6) is 0.717. The van der Waals surface area contributed by atoms with E-state index in [1.54, 1.807) is 6.20 Å². The maximum absolute atomic E-state index is 6.08. The van der Waals surface area contributed by atoms with Crippen LogP contribution in [0.1, 0.15) is 36.2 Å². The largest absolute Gasteiger partial charge is 0.363 e. The highest BCUT2D eigenvalue weighted by atomic mass is 35.5. The van der Waals surface area contributed by atoms with E-state index in [1.165, 1.54) is 30.5 Å². The lowest BCUT2D eigenvalue weighted by Crippen LogP contribution is -2.04. The first-order valence-corrected chi connectivity index (χ1v) is 7.12. The van der Waals surface area contributed by atoms with Crippen LogP contribution < -0.4 is 5.32 Å². The van der Waals surface area contributed by atoms with Gasteiger partial charge in [-0.3, -0.25) is 5.10 Å². The fraction of sp³-hybridized carbons (Fsp3) is 0.429. The number of hydrogen-bond acceptors (Lipinski definition) is 3. The summed E-state index contributed by atoms with van der Waals surface area (Å²) < 4.78 is 0. The Balaban J connectivity index is 1.74. The second kappa shape index (κ2) is 5.61. The van der Waals surface area contributed by atoms with Crippen LogP contribution in [0.15, 0.2) is 18.3 Å². The first-order chi connectivity index (χ1) is 9.34. The molecule has 2 N–H and O–H groups in total. The van der Waals surface area contributed by atoms with Crippen molar-refractivity contribution in [3.63, 3.8) is 0 Å². The van der Waals surface area contributed by atoms with Gasteiger partial charge in [0.25, 0.3) is 0 Å². The maximum Gasteiger partial charge on any atom is 0.145 e. The van der Waals surface area contributed by atoms with Crippen molar-refractivity contribution < 1.29 is 0 Å². The van der Waals surface area contributed by atoms with E-state index >= 15 is 0 Å². The van der Waals surface area contributed by atoms with E-state index in [1.807, 2.05) is 12.1 Å². The number of aromatic nitrogens is 3. The van der Waals surface area contributed by atoms with Gasteiger partial charge < -0.3 is 5.32 Å². The van der Waals surface area contributed by atoms with E-state index in [0.29, 0.717) is 11.6 Å². The molecule has 4 nitrogen and oxygen atoms in total. The maximum atomic E-state index is 6.08. The number of aryl methyl sites for hydroxylation is 1. The van der Waals surface area contributed by atoms with Gasteiger partial charge in [-0.25, -0.2) is 4.98 Å². The number of hydrogen-bond donors (Lipinski definition) is 2. The minimum absolute atomic E-state index is 0.643. The second-order valence-electron chi connectivity index (χ2n) is 4.88. The van der Waals surface area contributed by atoms with Crippen LogP contribution in [0.3, 0.4) is 0 Å². The Hall–Kier alpha value is -1.55. The average molecular weight is 277 g/mol. The topological polar surface area (TPSA) is 53.6 Å². The highest BCUT2D eigenvalue weighted by Crippen LogP contribution is 2.23. The molecule has 0 saturated carbocycles. The van der Waals surface area contributed by atoms with Gasteiger partial charge in [0.2, 0.25) is 0 Å². The van der Waals surface area contributed by atoms with E-state index in [9.17, 15) is 0 Å². The van der Waals surface area contributed by atoms with Gasteiger partial charge >= 0.3 is 0 Å². The van der Waals surface area contributed by atoms with Crippen molar-refractivity contribution in [1.29, 1.82) is 0 Å². The first-order valence-electron chi connectivity index (χ1n) is 6.74. The van der Waals surface area contributed by atoms with Crippen molar-refractivity contribution in [1.82, 2.24) is 15.2 Å². The SMILES string of the molecule is Clc1cccnc1NCc1n[nH]c2c1CCCCC2. The first kappa shape index (κ1) is 12.5. The van der Waals surface area contributed by atoms with Gasteiger partial charge in [-0.1, -0.05) is 18.0 Å². The van der Waals surface area contributed by atoms with Crippen molar-refractivity contribution in [2.75, 3.05) is 5.32 Å². The van der Waals surface area contributed by atoms with Crippen LogP contribution in [0.5, 0.6) is 0 Å². The molecule has 0 atom stereocenters. The lowest BCUT2D eigenvalue weighted by Gasteiger charge is -2.07. The summed E-state index contributed by atoms with van der Waals surface area (Å²) in [5.41, 5.74) is 3.79. The van der Waals surface area contributed by atoms with Gasteiger partial charge in [0.15, 0.2) is 0 Å². The number of halogens is 1. The Bertz CT molecular complexity index is 564. The van der Waals surface area contributed by atoms with Crippen molar-refractivity contribution in [3.8, 4) is 0 Å². The molecule has 0 bridgehead atoms.